The minimum atomic E-state index is -0.425. The van der Waals surface area contributed by atoms with Crippen LogP contribution in [-0.4, -0.2) is 42.2 Å². The first kappa shape index (κ1) is 16.0. The van der Waals surface area contributed by atoms with Gasteiger partial charge in [0.05, 0.1) is 6.04 Å². The van der Waals surface area contributed by atoms with Gasteiger partial charge in [-0.25, -0.2) is 0 Å². The lowest BCUT2D eigenvalue weighted by Gasteiger charge is -2.24. The number of rotatable bonds is 7. The Hall–Kier alpha value is -1.40. The highest BCUT2D eigenvalue weighted by molar-refractivity contribution is 7.98. The summed E-state index contributed by atoms with van der Waals surface area (Å²) in [5.41, 5.74) is 6.99. The van der Waals surface area contributed by atoms with Crippen LogP contribution < -0.4 is 15.2 Å². The minimum absolute atomic E-state index is 0.00390. The largest absolute Gasteiger partial charge is 0.454 e. The summed E-state index contributed by atoms with van der Waals surface area (Å²) in [5.74, 6) is 2.39. The van der Waals surface area contributed by atoms with Crippen molar-refractivity contribution in [3.63, 3.8) is 0 Å². The molecule has 0 saturated heterocycles. The number of ether oxygens (including phenoxy) is 2. The molecule has 1 aliphatic heterocycles. The predicted octanol–water partition coefficient (Wildman–Crippen LogP) is 1.84. The van der Waals surface area contributed by atoms with Crippen LogP contribution in [0.25, 0.3) is 0 Å². The third-order valence-corrected chi connectivity index (χ3v) is 4.10. The zero-order valence-electron chi connectivity index (χ0n) is 12.5. The van der Waals surface area contributed by atoms with Gasteiger partial charge in [0.15, 0.2) is 11.5 Å². The molecule has 0 aliphatic carbocycles. The fourth-order valence-corrected chi connectivity index (χ4v) is 2.70. The van der Waals surface area contributed by atoms with Gasteiger partial charge in [-0.1, -0.05) is 6.07 Å². The lowest BCUT2D eigenvalue weighted by molar-refractivity contribution is -0.133. The van der Waals surface area contributed by atoms with E-state index in [1.165, 1.54) is 0 Å². The molecule has 0 spiro atoms. The van der Waals surface area contributed by atoms with E-state index in [1.54, 1.807) is 16.7 Å². The highest BCUT2D eigenvalue weighted by Crippen LogP contribution is 2.32. The molecule has 2 rings (SSSR count). The first-order valence-electron chi connectivity index (χ1n) is 7.07. The first-order valence-corrected chi connectivity index (χ1v) is 8.47. The third kappa shape index (κ3) is 4.04. The number of fused-ring (bicyclic) bond motifs is 1. The number of amides is 1. The highest BCUT2D eigenvalue weighted by Gasteiger charge is 2.21. The number of carbonyl (C=O) groups is 1. The van der Waals surface area contributed by atoms with Crippen molar-refractivity contribution >= 4 is 17.7 Å². The van der Waals surface area contributed by atoms with Gasteiger partial charge in [-0.15, -0.1) is 0 Å². The molecular weight excluding hydrogens is 288 g/mol. The van der Waals surface area contributed by atoms with Gasteiger partial charge in [0.2, 0.25) is 12.7 Å². The molecule has 21 heavy (non-hydrogen) atoms. The van der Waals surface area contributed by atoms with Crippen molar-refractivity contribution in [2.24, 2.45) is 5.73 Å². The summed E-state index contributed by atoms with van der Waals surface area (Å²) < 4.78 is 10.7. The number of benzene rings is 1. The van der Waals surface area contributed by atoms with Crippen molar-refractivity contribution in [1.82, 2.24) is 4.90 Å². The van der Waals surface area contributed by atoms with Crippen LogP contribution in [0.15, 0.2) is 18.2 Å². The number of nitrogens with zero attached hydrogens (tertiary/aromatic N) is 1. The lowest BCUT2D eigenvalue weighted by atomic mass is 10.1. The number of thioether (sulfide) groups is 1. The fraction of sp³-hybridized carbons (Fsp3) is 0.533. The third-order valence-electron chi connectivity index (χ3n) is 3.45. The van der Waals surface area contributed by atoms with E-state index < -0.39 is 6.04 Å². The van der Waals surface area contributed by atoms with E-state index in [9.17, 15) is 4.79 Å². The molecule has 1 atom stereocenters. The quantitative estimate of drug-likeness (QED) is 0.832. The Morgan fingerprint density at radius 3 is 2.90 bits per heavy atom. The summed E-state index contributed by atoms with van der Waals surface area (Å²) >= 11 is 1.70. The van der Waals surface area contributed by atoms with Crippen LogP contribution in [0.2, 0.25) is 0 Å². The Bertz CT molecular complexity index is 496. The van der Waals surface area contributed by atoms with Gasteiger partial charge >= 0.3 is 0 Å². The Morgan fingerprint density at radius 2 is 2.19 bits per heavy atom. The normalized spacial score (nSPS) is 14.0. The summed E-state index contributed by atoms with van der Waals surface area (Å²) in [6.45, 7) is 3.40. The molecule has 1 aromatic carbocycles. The van der Waals surface area contributed by atoms with Crippen LogP contribution in [0.4, 0.5) is 0 Å². The van der Waals surface area contributed by atoms with Gasteiger partial charge in [0.25, 0.3) is 0 Å². The Balaban J connectivity index is 1.99. The monoisotopic (exact) mass is 310 g/mol. The molecule has 0 bridgehead atoms. The maximum absolute atomic E-state index is 12.4. The second-order valence-electron chi connectivity index (χ2n) is 4.93. The number of likely N-dealkylation sites (N-methyl/N-ethyl adjacent to an activating group) is 1. The van der Waals surface area contributed by atoms with Crippen molar-refractivity contribution in [3.8, 4) is 11.5 Å². The molecule has 0 unspecified atom stereocenters. The number of nitrogens with two attached hydrogens (primary N) is 1. The van der Waals surface area contributed by atoms with Crippen LogP contribution in [0, 0.1) is 0 Å². The highest BCUT2D eigenvalue weighted by atomic mass is 32.2. The molecule has 0 saturated carbocycles. The van der Waals surface area contributed by atoms with Crippen LogP contribution in [0.1, 0.15) is 18.9 Å². The van der Waals surface area contributed by atoms with Crippen molar-refractivity contribution in [1.29, 1.82) is 0 Å². The number of carbonyl (C=O) groups excluding carboxylic acids is 1. The maximum Gasteiger partial charge on any atom is 0.239 e. The predicted molar refractivity (Wildman–Crippen MR) is 84.6 cm³/mol. The smallest absolute Gasteiger partial charge is 0.239 e. The molecule has 1 aliphatic rings. The summed E-state index contributed by atoms with van der Waals surface area (Å²) in [6.07, 6.45) is 2.72. The summed E-state index contributed by atoms with van der Waals surface area (Å²) in [7, 11) is 0. The Morgan fingerprint density at radius 1 is 1.43 bits per heavy atom. The van der Waals surface area contributed by atoms with Gasteiger partial charge in [-0.2, -0.15) is 11.8 Å². The van der Waals surface area contributed by atoms with Crippen molar-refractivity contribution in [2.45, 2.75) is 25.9 Å². The molecule has 1 amide bonds. The Kier molecular flexibility index (Phi) is 5.76. The van der Waals surface area contributed by atoms with Crippen molar-refractivity contribution < 1.29 is 14.3 Å². The van der Waals surface area contributed by atoms with Gasteiger partial charge in [0, 0.05) is 13.1 Å². The second kappa shape index (κ2) is 7.56. The molecule has 0 fully saturated rings. The molecule has 116 valence electrons. The zero-order chi connectivity index (χ0) is 15.2. The van der Waals surface area contributed by atoms with E-state index in [1.807, 2.05) is 31.4 Å². The van der Waals surface area contributed by atoms with Crippen LogP contribution >= 0.6 is 11.8 Å². The minimum Gasteiger partial charge on any atom is -0.454 e. The molecule has 0 radical (unpaired) electrons. The Labute approximate surface area is 129 Å². The maximum atomic E-state index is 12.4. The average Bonchev–Trinajstić information content (AvgIpc) is 2.97. The summed E-state index contributed by atoms with van der Waals surface area (Å²) in [4.78, 5) is 14.1. The van der Waals surface area contributed by atoms with E-state index in [0.29, 0.717) is 19.5 Å². The SMILES string of the molecule is CCN(Cc1ccc2c(c1)OCO2)C(=O)[C@H](N)CCSC. The van der Waals surface area contributed by atoms with Gasteiger partial charge < -0.3 is 20.1 Å². The van der Waals surface area contributed by atoms with E-state index in [-0.39, 0.29) is 12.7 Å². The molecule has 1 aromatic rings. The number of hydrogen-bond donors (Lipinski definition) is 1. The second-order valence-corrected chi connectivity index (χ2v) is 5.91. The van der Waals surface area contributed by atoms with Gasteiger partial charge in [-0.05, 0) is 43.0 Å². The number of hydrogen-bond acceptors (Lipinski definition) is 5. The summed E-state index contributed by atoms with van der Waals surface area (Å²) in [5, 5.41) is 0. The topological polar surface area (TPSA) is 64.8 Å². The molecule has 6 heteroatoms. The van der Waals surface area contributed by atoms with Crippen LogP contribution in [0.5, 0.6) is 11.5 Å². The lowest BCUT2D eigenvalue weighted by Crippen LogP contribution is -2.43. The van der Waals surface area contributed by atoms with Gasteiger partial charge in [0.1, 0.15) is 0 Å². The average molecular weight is 310 g/mol. The first-order chi connectivity index (χ1) is 10.2. The summed E-state index contributed by atoms with van der Waals surface area (Å²) in [6, 6.07) is 5.33. The van der Waals surface area contributed by atoms with E-state index in [2.05, 4.69) is 0 Å². The van der Waals surface area contributed by atoms with Gasteiger partial charge in [-0.3, -0.25) is 4.79 Å². The van der Waals surface area contributed by atoms with E-state index in [0.717, 1.165) is 22.8 Å². The fourth-order valence-electron chi connectivity index (χ4n) is 2.21. The van der Waals surface area contributed by atoms with Crippen LogP contribution in [-0.2, 0) is 11.3 Å². The molecule has 1 heterocycles. The van der Waals surface area contributed by atoms with E-state index in [4.69, 9.17) is 15.2 Å². The van der Waals surface area contributed by atoms with Crippen molar-refractivity contribution in [3.05, 3.63) is 23.8 Å². The standard InChI is InChI=1S/C15H22N2O3S/c1-3-17(15(18)12(16)6-7-21-2)9-11-4-5-13-14(8-11)20-10-19-13/h4-5,8,12H,3,6-7,9-10,16H2,1-2H3/t12-/m1/s1. The van der Waals surface area contributed by atoms with Crippen molar-refractivity contribution in [2.75, 3.05) is 25.3 Å². The van der Waals surface area contributed by atoms with Crippen LogP contribution in [0.3, 0.4) is 0 Å². The zero-order valence-corrected chi connectivity index (χ0v) is 13.3. The molecular formula is C15H22N2O3S. The molecule has 2 N–H and O–H groups in total. The molecule has 5 nitrogen and oxygen atoms in total. The van der Waals surface area contributed by atoms with E-state index >= 15 is 0 Å². The molecule has 0 aromatic heterocycles.